The predicted octanol–water partition coefficient (Wildman–Crippen LogP) is 2.58. The van der Waals surface area contributed by atoms with Crippen LogP contribution in [-0.2, 0) is 6.42 Å². The van der Waals surface area contributed by atoms with Crippen LogP contribution in [0.3, 0.4) is 0 Å². The van der Waals surface area contributed by atoms with Crippen molar-refractivity contribution in [2.75, 3.05) is 18.5 Å². The van der Waals surface area contributed by atoms with Gasteiger partial charge in [-0.1, -0.05) is 6.07 Å². The van der Waals surface area contributed by atoms with E-state index in [0.29, 0.717) is 18.7 Å². The van der Waals surface area contributed by atoms with Crippen molar-refractivity contribution in [3.05, 3.63) is 68.5 Å². The average molecular weight is 302 g/mol. The molecule has 0 saturated heterocycles. The molecule has 0 aliphatic rings. The lowest BCUT2D eigenvalue weighted by molar-refractivity contribution is -0.393. The van der Waals surface area contributed by atoms with E-state index in [1.165, 1.54) is 12.1 Å². The van der Waals surface area contributed by atoms with Crippen molar-refractivity contribution >= 4 is 17.1 Å². The van der Waals surface area contributed by atoms with Crippen molar-refractivity contribution in [1.82, 2.24) is 4.98 Å². The molecule has 0 bridgehead atoms. The molecular formula is C14H14N4O4. The highest BCUT2D eigenvalue weighted by Gasteiger charge is 2.21. The summed E-state index contributed by atoms with van der Waals surface area (Å²) in [6, 6.07) is 9.20. The lowest BCUT2D eigenvalue weighted by Crippen LogP contribution is -2.21. The van der Waals surface area contributed by atoms with E-state index in [2.05, 4.69) is 4.98 Å². The van der Waals surface area contributed by atoms with Crippen LogP contribution in [0.2, 0.25) is 0 Å². The van der Waals surface area contributed by atoms with Gasteiger partial charge in [0.2, 0.25) is 0 Å². The van der Waals surface area contributed by atoms with Crippen LogP contribution in [-0.4, -0.2) is 28.4 Å². The van der Waals surface area contributed by atoms with Crippen LogP contribution in [0.15, 0.2) is 42.6 Å². The Morgan fingerprint density at radius 2 is 1.91 bits per heavy atom. The standard InChI is InChI=1S/C14H14N4O4/c1-16(9-7-11-4-2-3-8-15-11)13-6-5-12(17(19)20)10-14(13)18(21)22/h2-6,8,10H,7,9H2,1H3. The van der Waals surface area contributed by atoms with E-state index in [4.69, 9.17) is 0 Å². The van der Waals surface area contributed by atoms with Crippen LogP contribution in [0.5, 0.6) is 0 Å². The predicted molar refractivity (Wildman–Crippen MR) is 81.0 cm³/mol. The zero-order valence-corrected chi connectivity index (χ0v) is 11.9. The summed E-state index contributed by atoms with van der Waals surface area (Å²) in [6.07, 6.45) is 2.30. The average Bonchev–Trinajstić information content (AvgIpc) is 2.52. The van der Waals surface area contributed by atoms with Crippen LogP contribution >= 0.6 is 0 Å². The second-order valence-electron chi connectivity index (χ2n) is 4.68. The second kappa shape index (κ2) is 6.61. The maximum atomic E-state index is 11.1. The third kappa shape index (κ3) is 3.54. The van der Waals surface area contributed by atoms with E-state index in [-0.39, 0.29) is 11.4 Å². The van der Waals surface area contributed by atoms with E-state index in [1.54, 1.807) is 18.1 Å². The van der Waals surface area contributed by atoms with Gasteiger partial charge in [0, 0.05) is 38.0 Å². The summed E-state index contributed by atoms with van der Waals surface area (Å²) in [7, 11) is 1.71. The maximum absolute atomic E-state index is 11.1. The van der Waals surface area contributed by atoms with E-state index < -0.39 is 9.85 Å². The number of nitrogens with zero attached hydrogens (tertiary/aromatic N) is 4. The molecular weight excluding hydrogens is 288 g/mol. The number of nitro benzene ring substituents is 2. The van der Waals surface area contributed by atoms with Gasteiger partial charge >= 0.3 is 0 Å². The summed E-state index contributed by atoms with van der Waals surface area (Å²) in [5, 5.41) is 21.8. The number of pyridine rings is 1. The summed E-state index contributed by atoms with van der Waals surface area (Å²) in [5.74, 6) is 0. The maximum Gasteiger partial charge on any atom is 0.299 e. The van der Waals surface area contributed by atoms with Crippen molar-refractivity contribution in [3.8, 4) is 0 Å². The molecule has 0 N–H and O–H groups in total. The number of benzene rings is 1. The summed E-state index contributed by atoms with van der Waals surface area (Å²) < 4.78 is 0. The fourth-order valence-electron chi connectivity index (χ4n) is 2.04. The molecule has 2 rings (SSSR count). The van der Waals surface area contributed by atoms with E-state index in [0.717, 1.165) is 11.8 Å². The molecule has 0 saturated carbocycles. The molecule has 0 spiro atoms. The number of aromatic nitrogens is 1. The molecule has 1 aromatic heterocycles. The SMILES string of the molecule is CN(CCc1ccccn1)c1ccc([N+](=O)[O-])cc1[N+](=O)[O-]. The van der Waals surface area contributed by atoms with E-state index >= 15 is 0 Å². The van der Waals surface area contributed by atoms with Gasteiger partial charge in [0.25, 0.3) is 11.4 Å². The molecule has 2 aromatic rings. The monoisotopic (exact) mass is 302 g/mol. The van der Waals surface area contributed by atoms with Gasteiger partial charge in [0.1, 0.15) is 5.69 Å². The molecule has 8 nitrogen and oxygen atoms in total. The van der Waals surface area contributed by atoms with Gasteiger partial charge in [0.05, 0.1) is 15.9 Å². The molecule has 1 heterocycles. The highest BCUT2D eigenvalue weighted by atomic mass is 16.6. The van der Waals surface area contributed by atoms with Crippen molar-refractivity contribution < 1.29 is 9.85 Å². The van der Waals surface area contributed by atoms with Gasteiger partial charge in [-0.2, -0.15) is 0 Å². The quantitative estimate of drug-likeness (QED) is 0.600. The molecule has 0 fully saturated rings. The summed E-state index contributed by atoms with van der Waals surface area (Å²) in [5.41, 5.74) is 0.636. The third-order valence-corrected chi connectivity index (χ3v) is 3.21. The molecule has 8 heteroatoms. The summed E-state index contributed by atoms with van der Waals surface area (Å²) in [6.45, 7) is 0.510. The minimum Gasteiger partial charge on any atom is -0.369 e. The molecule has 1 aromatic carbocycles. The van der Waals surface area contributed by atoms with Gasteiger partial charge in [0.15, 0.2) is 0 Å². The van der Waals surface area contributed by atoms with Crippen molar-refractivity contribution in [2.45, 2.75) is 6.42 Å². The van der Waals surface area contributed by atoms with E-state index in [1.807, 2.05) is 18.2 Å². The van der Waals surface area contributed by atoms with Gasteiger partial charge in [-0.3, -0.25) is 25.2 Å². The molecule has 0 radical (unpaired) electrons. The van der Waals surface area contributed by atoms with Crippen LogP contribution < -0.4 is 4.90 Å². The fourth-order valence-corrected chi connectivity index (χ4v) is 2.04. The third-order valence-electron chi connectivity index (χ3n) is 3.21. The topological polar surface area (TPSA) is 102 Å². The molecule has 0 atom stereocenters. The minimum absolute atomic E-state index is 0.280. The first-order chi connectivity index (χ1) is 10.5. The first-order valence-electron chi connectivity index (χ1n) is 6.53. The number of anilines is 1. The fraction of sp³-hybridized carbons (Fsp3) is 0.214. The first-order valence-corrected chi connectivity index (χ1v) is 6.53. The Morgan fingerprint density at radius 1 is 1.14 bits per heavy atom. The normalized spacial score (nSPS) is 10.2. The van der Waals surface area contributed by atoms with Crippen molar-refractivity contribution in [2.24, 2.45) is 0 Å². The van der Waals surface area contributed by atoms with Gasteiger partial charge in [-0.15, -0.1) is 0 Å². The lowest BCUT2D eigenvalue weighted by atomic mass is 10.2. The van der Waals surface area contributed by atoms with Gasteiger partial charge in [-0.25, -0.2) is 0 Å². The number of rotatable bonds is 6. The molecule has 0 aliphatic heterocycles. The molecule has 0 amide bonds. The number of hydrogen-bond donors (Lipinski definition) is 0. The Morgan fingerprint density at radius 3 is 2.50 bits per heavy atom. The molecule has 0 unspecified atom stereocenters. The van der Waals surface area contributed by atoms with Crippen LogP contribution in [0.1, 0.15) is 5.69 Å². The zero-order chi connectivity index (χ0) is 16.1. The summed E-state index contributed by atoms with van der Waals surface area (Å²) >= 11 is 0. The first kappa shape index (κ1) is 15.4. The van der Waals surface area contributed by atoms with Crippen LogP contribution in [0, 0.1) is 20.2 Å². The highest BCUT2D eigenvalue weighted by molar-refractivity contribution is 5.66. The number of hydrogen-bond acceptors (Lipinski definition) is 6. The highest BCUT2D eigenvalue weighted by Crippen LogP contribution is 2.31. The van der Waals surface area contributed by atoms with Crippen LogP contribution in [0.25, 0.3) is 0 Å². The number of non-ortho nitro benzene ring substituents is 1. The Balaban J connectivity index is 2.19. The largest absolute Gasteiger partial charge is 0.369 e. The minimum atomic E-state index is -0.648. The number of likely N-dealkylation sites (N-methyl/N-ethyl adjacent to an activating group) is 1. The lowest BCUT2D eigenvalue weighted by Gasteiger charge is -2.18. The van der Waals surface area contributed by atoms with Crippen LogP contribution in [0.4, 0.5) is 17.1 Å². The van der Waals surface area contributed by atoms with E-state index in [9.17, 15) is 20.2 Å². The molecule has 22 heavy (non-hydrogen) atoms. The second-order valence-corrected chi connectivity index (χ2v) is 4.68. The van der Waals surface area contributed by atoms with Gasteiger partial charge in [-0.05, 0) is 18.2 Å². The molecule has 114 valence electrons. The Hall–Kier alpha value is -3.03. The van der Waals surface area contributed by atoms with Crippen molar-refractivity contribution in [3.63, 3.8) is 0 Å². The smallest absolute Gasteiger partial charge is 0.299 e. The molecule has 0 aliphatic carbocycles. The van der Waals surface area contributed by atoms with Gasteiger partial charge < -0.3 is 4.90 Å². The zero-order valence-electron chi connectivity index (χ0n) is 11.9. The Bertz CT molecular complexity index is 690. The summed E-state index contributed by atoms with van der Waals surface area (Å²) in [4.78, 5) is 26.5. The Labute approximate surface area is 126 Å². The number of nitro groups is 2. The Kier molecular flexibility index (Phi) is 4.62. The van der Waals surface area contributed by atoms with Crippen molar-refractivity contribution in [1.29, 1.82) is 0 Å².